The highest BCUT2D eigenvalue weighted by Gasteiger charge is 2.13. The smallest absolute Gasteiger partial charge is 0.258 e. The number of hydrogen-bond acceptors (Lipinski definition) is 3. The van der Waals surface area contributed by atoms with E-state index in [0.29, 0.717) is 17.8 Å². The van der Waals surface area contributed by atoms with Crippen molar-refractivity contribution in [3.8, 4) is 6.07 Å². The molecule has 5 nitrogen and oxygen atoms in total. The highest BCUT2D eigenvalue weighted by Crippen LogP contribution is 2.17. The number of halogens is 1. The molecular formula is C17H14FN3O2. The SMILES string of the molecule is CCC(=O)Nc1cccc(NC(=O)c2ccc(C#N)cc2F)c1. The first-order valence-corrected chi connectivity index (χ1v) is 6.94. The number of rotatable bonds is 4. The highest BCUT2D eigenvalue weighted by molar-refractivity contribution is 6.05. The van der Waals surface area contributed by atoms with Gasteiger partial charge >= 0.3 is 0 Å². The Bertz CT molecular complexity index is 797. The Balaban J connectivity index is 2.16. The number of carbonyl (C=O) groups is 2. The number of nitrogens with one attached hydrogen (secondary N) is 2. The van der Waals surface area contributed by atoms with Crippen LogP contribution in [0.1, 0.15) is 29.3 Å². The van der Waals surface area contributed by atoms with Gasteiger partial charge in [0.2, 0.25) is 5.91 Å². The summed E-state index contributed by atoms with van der Waals surface area (Å²) in [5.41, 5.74) is 0.943. The topological polar surface area (TPSA) is 82.0 Å². The van der Waals surface area contributed by atoms with Crippen molar-refractivity contribution in [2.75, 3.05) is 10.6 Å². The number of nitriles is 1. The summed E-state index contributed by atoms with van der Waals surface area (Å²) in [6.07, 6.45) is 0.340. The lowest BCUT2D eigenvalue weighted by atomic mass is 10.1. The van der Waals surface area contributed by atoms with Crippen LogP contribution in [0.3, 0.4) is 0 Å². The molecule has 2 N–H and O–H groups in total. The molecule has 2 rings (SSSR count). The highest BCUT2D eigenvalue weighted by atomic mass is 19.1. The summed E-state index contributed by atoms with van der Waals surface area (Å²) < 4.78 is 13.8. The van der Waals surface area contributed by atoms with Crippen molar-refractivity contribution in [1.82, 2.24) is 0 Å². The Labute approximate surface area is 132 Å². The van der Waals surface area contributed by atoms with E-state index in [4.69, 9.17) is 5.26 Å². The van der Waals surface area contributed by atoms with Crippen molar-refractivity contribution >= 4 is 23.2 Å². The Morgan fingerprint density at radius 3 is 2.43 bits per heavy atom. The van der Waals surface area contributed by atoms with Crippen molar-refractivity contribution in [3.63, 3.8) is 0 Å². The summed E-state index contributed by atoms with van der Waals surface area (Å²) in [5.74, 6) is -1.55. The van der Waals surface area contributed by atoms with Gasteiger partial charge in [0.25, 0.3) is 5.91 Å². The molecule has 0 aliphatic carbocycles. The van der Waals surface area contributed by atoms with Crippen LogP contribution in [0.2, 0.25) is 0 Å². The maximum atomic E-state index is 13.8. The monoisotopic (exact) mass is 311 g/mol. The van der Waals surface area contributed by atoms with Gasteiger partial charge in [0.05, 0.1) is 17.2 Å². The van der Waals surface area contributed by atoms with Crippen LogP contribution in [0.5, 0.6) is 0 Å². The molecule has 0 fully saturated rings. The summed E-state index contributed by atoms with van der Waals surface area (Å²) in [7, 11) is 0. The number of hydrogen-bond donors (Lipinski definition) is 2. The largest absolute Gasteiger partial charge is 0.326 e. The maximum absolute atomic E-state index is 13.8. The lowest BCUT2D eigenvalue weighted by molar-refractivity contribution is -0.115. The summed E-state index contributed by atoms with van der Waals surface area (Å²) in [6, 6.07) is 12.0. The van der Waals surface area contributed by atoms with Gasteiger partial charge in [-0.3, -0.25) is 9.59 Å². The van der Waals surface area contributed by atoms with Gasteiger partial charge in [0.1, 0.15) is 5.82 Å². The van der Waals surface area contributed by atoms with E-state index in [-0.39, 0.29) is 17.0 Å². The van der Waals surface area contributed by atoms with E-state index in [1.165, 1.54) is 12.1 Å². The first-order chi connectivity index (χ1) is 11.0. The van der Waals surface area contributed by atoms with Crippen LogP contribution in [-0.2, 0) is 4.79 Å². The number of amides is 2. The fraction of sp³-hybridized carbons (Fsp3) is 0.118. The first-order valence-electron chi connectivity index (χ1n) is 6.94. The Kier molecular flexibility index (Phi) is 5.05. The molecule has 0 aliphatic rings. The van der Waals surface area contributed by atoms with Crippen LogP contribution < -0.4 is 10.6 Å². The molecule has 0 unspecified atom stereocenters. The van der Waals surface area contributed by atoms with Crippen LogP contribution in [0.4, 0.5) is 15.8 Å². The molecule has 0 aliphatic heterocycles. The zero-order valence-electron chi connectivity index (χ0n) is 12.4. The third kappa shape index (κ3) is 4.14. The zero-order valence-corrected chi connectivity index (χ0v) is 12.4. The van der Waals surface area contributed by atoms with Gasteiger partial charge in [-0.2, -0.15) is 5.26 Å². The molecule has 6 heteroatoms. The predicted octanol–water partition coefficient (Wildman–Crippen LogP) is 3.30. The lowest BCUT2D eigenvalue weighted by Crippen LogP contribution is -2.14. The molecule has 116 valence electrons. The molecule has 0 radical (unpaired) electrons. The second-order valence-electron chi connectivity index (χ2n) is 4.74. The second-order valence-corrected chi connectivity index (χ2v) is 4.74. The molecule has 0 aromatic heterocycles. The van der Waals surface area contributed by atoms with Crippen LogP contribution in [0.15, 0.2) is 42.5 Å². The molecule has 0 bridgehead atoms. The van der Waals surface area contributed by atoms with Crippen molar-refractivity contribution in [2.24, 2.45) is 0 Å². The standard InChI is InChI=1S/C17H14FN3O2/c1-2-16(22)20-12-4-3-5-13(9-12)21-17(23)14-7-6-11(10-19)8-15(14)18/h3-9H,2H2,1H3,(H,20,22)(H,21,23). The number of anilines is 2. The normalized spacial score (nSPS) is 9.78. The van der Waals surface area contributed by atoms with Gasteiger partial charge in [0, 0.05) is 17.8 Å². The Hall–Kier alpha value is -3.20. The molecule has 0 heterocycles. The zero-order chi connectivity index (χ0) is 16.8. The molecule has 23 heavy (non-hydrogen) atoms. The summed E-state index contributed by atoms with van der Waals surface area (Å²) >= 11 is 0. The number of nitrogens with zero attached hydrogens (tertiary/aromatic N) is 1. The first kappa shape index (κ1) is 16.2. The molecule has 2 aromatic rings. The third-order valence-electron chi connectivity index (χ3n) is 3.07. The molecule has 2 amide bonds. The average Bonchev–Trinajstić information content (AvgIpc) is 2.54. The fourth-order valence-corrected chi connectivity index (χ4v) is 1.89. The minimum absolute atomic E-state index is 0.142. The molecule has 2 aromatic carbocycles. The van der Waals surface area contributed by atoms with Gasteiger partial charge in [-0.25, -0.2) is 4.39 Å². The van der Waals surface area contributed by atoms with E-state index >= 15 is 0 Å². The predicted molar refractivity (Wildman–Crippen MR) is 84.4 cm³/mol. The minimum Gasteiger partial charge on any atom is -0.326 e. The van der Waals surface area contributed by atoms with E-state index in [9.17, 15) is 14.0 Å². The lowest BCUT2D eigenvalue weighted by Gasteiger charge is -2.09. The second kappa shape index (κ2) is 7.18. The van der Waals surface area contributed by atoms with E-state index in [1.54, 1.807) is 37.3 Å². The molecular weight excluding hydrogens is 297 g/mol. The molecule has 0 saturated heterocycles. The van der Waals surface area contributed by atoms with Crippen molar-refractivity contribution in [3.05, 3.63) is 59.4 Å². The van der Waals surface area contributed by atoms with Gasteiger partial charge in [-0.1, -0.05) is 13.0 Å². The van der Waals surface area contributed by atoms with Crippen molar-refractivity contribution in [1.29, 1.82) is 5.26 Å². The van der Waals surface area contributed by atoms with Gasteiger partial charge < -0.3 is 10.6 Å². The van der Waals surface area contributed by atoms with E-state index in [1.807, 2.05) is 0 Å². The van der Waals surface area contributed by atoms with Crippen molar-refractivity contribution in [2.45, 2.75) is 13.3 Å². The van der Waals surface area contributed by atoms with Gasteiger partial charge in [-0.15, -0.1) is 0 Å². The third-order valence-corrected chi connectivity index (χ3v) is 3.07. The van der Waals surface area contributed by atoms with E-state index in [2.05, 4.69) is 10.6 Å². The van der Waals surface area contributed by atoms with Gasteiger partial charge in [-0.05, 0) is 36.4 Å². The van der Waals surface area contributed by atoms with Crippen LogP contribution in [0, 0.1) is 17.1 Å². The van der Waals surface area contributed by atoms with Gasteiger partial charge in [0.15, 0.2) is 0 Å². The molecule has 0 saturated carbocycles. The Morgan fingerprint density at radius 2 is 1.83 bits per heavy atom. The average molecular weight is 311 g/mol. The quantitative estimate of drug-likeness (QED) is 0.909. The van der Waals surface area contributed by atoms with Crippen LogP contribution in [-0.4, -0.2) is 11.8 Å². The maximum Gasteiger partial charge on any atom is 0.258 e. The summed E-state index contributed by atoms with van der Waals surface area (Å²) in [5, 5.41) is 13.9. The summed E-state index contributed by atoms with van der Waals surface area (Å²) in [6.45, 7) is 1.73. The molecule has 0 spiro atoms. The van der Waals surface area contributed by atoms with E-state index in [0.717, 1.165) is 6.07 Å². The summed E-state index contributed by atoms with van der Waals surface area (Å²) in [4.78, 5) is 23.5. The molecule has 0 atom stereocenters. The van der Waals surface area contributed by atoms with Crippen LogP contribution in [0.25, 0.3) is 0 Å². The van der Waals surface area contributed by atoms with Crippen LogP contribution >= 0.6 is 0 Å². The number of carbonyl (C=O) groups excluding carboxylic acids is 2. The van der Waals surface area contributed by atoms with E-state index < -0.39 is 11.7 Å². The fourth-order valence-electron chi connectivity index (χ4n) is 1.89. The minimum atomic E-state index is -0.767. The Morgan fingerprint density at radius 1 is 1.13 bits per heavy atom. The van der Waals surface area contributed by atoms with Crippen molar-refractivity contribution < 1.29 is 14.0 Å². The number of benzene rings is 2.